The van der Waals surface area contributed by atoms with Gasteiger partial charge in [0.2, 0.25) is 0 Å². The molecule has 12 heteroatoms. The van der Waals surface area contributed by atoms with Gasteiger partial charge in [0.05, 0.1) is 28.4 Å². The summed E-state index contributed by atoms with van der Waals surface area (Å²) in [6.07, 6.45) is 3.10. The van der Waals surface area contributed by atoms with Crippen molar-refractivity contribution in [1.82, 2.24) is 19.6 Å². The second-order valence-corrected chi connectivity index (χ2v) is 7.51. The van der Waals surface area contributed by atoms with E-state index >= 15 is 0 Å². The van der Waals surface area contributed by atoms with E-state index in [0.29, 0.717) is 0 Å². The topological polar surface area (TPSA) is 116 Å². The van der Waals surface area contributed by atoms with Crippen LogP contribution in [0.25, 0.3) is 5.78 Å². The van der Waals surface area contributed by atoms with Crippen molar-refractivity contribution >= 4 is 50.7 Å². The lowest BCUT2D eigenvalue weighted by molar-refractivity contribution is 0.0601. The Labute approximate surface area is 158 Å². The molecule has 0 radical (unpaired) electrons. The Morgan fingerprint density at radius 2 is 2.04 bits per heavy atom. The average Bonchev–Trinajstić information content (AvgIpc) is 3.02. The molecule has 0 saturated carbocycles. The normalized spacial score (nSPS) is 11.5. The summed E-state index contributed by atoms with van der Waals surface area (Å²) in [5, 5.41) is 3.15. The summed E-state index contributed by atoms with van der Waals surface area (Å²) in [6.45, 7) is 1.78. The Kier molecular flexibility index (Phi) is 4.74. The van der Waals surface area contributed by atoms with Crippen LogP contribution in [0.1, 0.15) is 15.9 Å². The summed E-state index contributed by atoms with van der Waals surface area (Å²) >= 11 is 12.1. The molecular weight excluding hydrogens is 405 g/mol. The van der Waals surface area contributed by atoms with Gasteiger partial charge < -0.3 is 4.74 Å². The summed E-state index contributed by atoms with van der Waals surface area (Å²) in [5.41, 5.74) is 0.548. The van der Waals surface area contributed by atoms with Crippen molar-refractivity contribution in [1.29, 1.82) is 0 Å². The fraction of sp³-hybridized carbons (Fsp3) is 0.143. The maximum absolute atomic E-state index is 12.6. The van der Waals surface area contributed by atoms with Gasteiger partial charge in [-0.15, -0.1) is 5.10 Å². The fourth-order valence-corrected chi connectivity index (χ4v) is 3.69. The van der Waals surface area contributed by atoms with Gasteiger partial charge in [0.25, 0.3) is 21.0 Å². The smallest absolute Gasteiger partial charge is 0.339 e. The number of methoxy groups -OCH3 is 1. The highest BCUT2D eigenvalue weighted by atomic mass is 35.5. The first kappa shape index (κ1) is 18.4. The van der Waals surface area contributed by atoms with Gasteiger partial charge in [0.1, 0.15) is 0 Å². The van der Waals surface area contributed by atoms with Crippen molar-refractivity contribution < 1.29 is 17.9 Å². The van der Waals surface area contributed by atoms with Crippen LogP contribution in [-0.4, -0.2) is 41.1 Å². The van der Waals surface area contributed by atoms with Gasteiger partial charge in [-0.05, 0) is 24.6 Å². The largest absolute Gasteiger partial charge is 0.465 e. The number of benzene rings is 1. The van der Waals surface area contributed by atoms with E-state index in [4.69, 9.17) is 23.2 Å². The summed E-state index contributed by atoms with van der Waals surface area (Å²) in [4.78, 5) is 19.6. The van der Waals surface area contributed by atoms with E-state index < -0.39 is 21.1 Å². The van der Waals surface area contributed by atoms with E-state index in [1.165, 1.54) is 30.0 Å². The van der Waals surface area contributed by atoms with E-state index in [2.05, 4.69) is 24.5 Å². The summed E-state index contributed by atoms with van der Waals surface area (Å²) in [5.74, 6) is -0.630. The number of esters is 1. The Morgan fingerprint density at radius 1 is 1.31 bits per heavy atom. The molecule has 0 spiro atoms. The van der Waals surface area contributed by atoms with Crippen molar-refractivity contribution in [2.45, 2.75) is 12.1 Å². The highest BCUT2D eigenvalue weighted by Gasteiger charge is 2.25. The number of nitrogens with zero attached hydrogens (tertiary/aromatic N) is 4. The first-order valence-corrected chi connectivity index (χ1v) is 9.25. The Morgan fingerprint density at radius 3 is 2.73 bits per heavy atom. The van der Waals surface area contributed by atoms with Gasteiger partial charge in [0.15, 0.2) is 0 Å². The van der Waals surface area contributed by atoms with Crippen LogP contribution in [0.5, 0.6) is 0 Å². The molecular formula is C14H11Cl2N5O4S. The van der Waals surface area contributed by atoms with Crippen LogP contribution in [0.2, 0.25) is 10.0 Å². The summed E-state index contributed by atoms with van der Waals surface area (Å²) < 4.78 is 33.2. The maximum Gasteiger partial charge on any atom is 0.339 e. The van der Waals surface area contributed by atoms with Crippen molar-refractivity contribution in [2.75, 3.05) is 11.8 Å². The Balaban J connectivity index is 2.05. The molecule has 0 aliphatic rings. The molecule has 0 saturated heterocycles. The second-order valence-electron chi connectivity index (χ2n) is 5.15. The zero-order valence-corrected chi connectivity index (χ0v) is 15.7. The first-order valence-electron chi connectivity index (χ1n) is 7.01. The third-order valence-electron chi connectivity index (χ3n) is 3.28. The van der Waals surface area contributed by atoms with Crippen LogP contribution < -0.4 is 4.72 Å². The van der Waals surface area contributed by atoms with E-state index in [-0.39, 0.29) is 27.1 Å². The van der Waals surface area contributed by atoms with Gasteiger partial charge in [-0.3, -0.25) is 4.72 Å². The molecule has 2 heterocycles. The molecule has 2 aromatic heterocycles. The minimum Gasteiger partial charge on any atom is -0.465 e. The number of carbonyl (C=O) groups is 1. The minimum atomic E-state index is -4.24. The predicted molar refractivity (Wildman–Crippen MR) is 94.1 cm³/mol. The molecule has 0 aliphatic carbocycles. The van der Waals surface area contributed by atoms with Crippen LogP contribution in [0, 0.1) is 6.92 Å². The molecule has 0 bridgehead atoms. The molecule has 1 N–H and O–H groups in total. The number of nitrogens with one attached hydrogen (secondary N) is 1. The SMILES string of the molecule is COC(=O)c1ccc(Cl)c(NS(=O)(=O)c2nc3ncc(C)cn3n2)c1Cl. The number of ether oxygens (including phenoxy) is 1. The molecule has 9 nitrogen and oxygen atoms in total. The highest BCUT2D eigenvalue weighted by molar-refractivity contribution is 7.92. The van der Waals surface area contributed by atoms with Crippen molar-refractivity contribution in [3.8, 4) is 0 Å². The molecule has 0 atom stereocenters. The van der Waals surface area contributed by atoms with Crippen LogP contribution in [0.4, 0.5) is 5.69 Å². The Hall–Kier alpha value is -2.43. The minimum absolute atomic E-state index is 0.0102. The van der Waals surface area contributed by atoms with Crippen molar-refractivity contribution in [2.24, 2.45) is 0 Å². The van der Waals surface area contributed by atoms with E-state index in [0.717, 1.165) is 5.56 Å². The zero-order valence-electron chi connectivity index (χ0n) is 13.4. The number of sulfonamides is 1. The van der Waals surface area contributed by atoms with E-state index in [1.54, 1.807) is 13.1 Å². The molecule has 3 aromatic rings. The van der Waals surface area contributed by atoms with Crippen molar-refractivity contribution in [3.63, 3.8) is 0 Å². The van der Waals surface area contributed by atoms with E-state index in [1.807, 2.05) is 0 Å². The molecule has 3 rings (SSSR count). The van der Waals surface area contributed by atoms with Gasteiger partial charge >= 0.3 is 5.97 Å². The lowest BCUT2D eigenvalue weighted by Gasteiger charge is -2.11. The molecule has 0 amide bonds. The molecule has 0 fully saturated rings. The Bertz CT molecular complexity index is 1130. The standard InChI is InChI=1S/C14H11Cl2N5O4S/c1-7-5-17-13-18-14(19-21(13)6-7)26(23,24)20-11-9(15)4-3-8(10(11)16)12(22)25-2/h3-6,20H,1-2H3. The number of halogens is 2. The number of hydrogen-bond acceptors (Lipinski definition) is 7. The fourth-order valence-electron chi connectivity index (χ4n) is 2.06. The van der Waals surface area contributed by atoms with Gasteiger partial charge in [0, 0.05) is 12.4 Å². The molecule has 0 unspecified atom stereocenters. The predicted octanol–water partition coefficient (Wildman–Crippen LogP) is 2.33. The monoisotopic (exact) mass is 415 g/mol. The third-order valence-corrected chi connectivity index (χ3v) is 5.11. The number of fused-ring (bicyclic) bond motifs is 1. The van der Waals surface area contributed by atoms with Crippen molar-refractivity contribution in [3.05, 3.63) is 45.7 Å². The van der Waals surface area contributed by atoms with Crippen LogP contribution in [0.15, 0.2) is 29.7 Å². The van der Waals surface area contributed by atoms with E-state index in [9.17, 15) is 13.2 Å². The molecule has 26 heavy (non-hydrogen) atoms. The van der Waals surface area contributed by atoms with Crippen LogP contribution in [0.3, 0.4) is 0 Å². The molecule has 0 aliphatic heterocycles. The number of rotatable bonds is 4. The van der Waals surface area contributed by atoms with Gasteiger partial charge in [-0.2, -0.15) is 13.4 Å². The quantitative estimate of drug-likeness (QED) is 0.649. The van der Waals surface area contributed by atoms with Gasteiger partial charge in [-0.1, -0.05) is 23.2 Å². The number of hydrogen-bond donors (Lipinski definition) is 1. The lowest BCUT2D eigenvalue weighted by atomic mass is 10.2. The number of carbonyl (C=O) groups excluding carboxylic acids is 1. The van der Waals surface area contributed by atoms with Crippen LogP contribution >= 0.6 is 23.2 Å². The number of anilines is 1. The molecule has 136 valence electrons. The third kappa shape index (κ3) is 3.30. The number of aromatic nitrogens is 4. The second kappa shape index (κ2) is 6.71. The molecule has 1 aromatic carbocycles. The summed E-state index contributed by atoms with van der Waals surface area (Å²) in [6, 6.07) is 2.64. The zero-order chi connectivity index (χ0) is 19.1. The number of aryl methyl sites for hydroxylation is 1. The maximum atomic E-state index is 12.6. The first-order chi connectivity index (χ1) is 12.2. The average molecular weight is 416 g/mol. The highest BCUT2D eigenvalue weighted by Crippen LogP contribution is 2.35. The van der Waals surface area contributed by atoms with Gasteiger partial charge in [-0.25, -0.2) is 14.3 Å². The lowest BCUT2D eigenvalue weighted by Crippen LogP contribution is -2.16. The summed E-state index contributed by atoms with van der Waals surface area (Å²) in [7, 11) is -3.06. The van der Waals surface area contributed by atoms with Crippen LogP contribution in [-0.2, 0) is 14.8 Å².